The molecule has 2 aromatic rings. The lowest BCUT2D eigenvalue weighted by Crippen LogP contribution is -2.34. The van der Waals surface area contributed by atoms with Crippen LogP contribution in [0.5, 0.6) is 5.75 Å². The van der Waals surface area contributed by atoms with Gasteiger partial charge in [-0.25, -0.2) is 4.79 Å². The molecule has 2 rings (SSSR count). The highest BCUT2D eigenvalue weighted by atomic mass is 35.5. The summed E-state index contributed by atoms with van der Waals surface area (Å²) in [6.45, 7) is 4.53. The molecule has 0 saturated heterocycles. The summed E-state index contributed by atoms with van der Waals surface area (Å²) in [6, 6.07) is 6.19. The second-order valence-corrected chi connectivity index (χ2v) is 7.40. The Morgan fingerprint density at radius 2 is 1.49 bits per heavy atom. The van der Waals surface area contributed by atoms with E-state index in [0.717, 1.165) is 19.3 Å². The molecule has 0 atom stereocenters. The van der Waals surface area contributed by atoms with Gasteiger partial charge in [-0.3, -0.25) is 4.79 Å². The number of anilines is 1. The number of halogens is 7. The van der Waals surface area contributed by atoms with Crippen molar-refractivity contribution in [3.05, 3.63) is 59.2 Å². The van der Waals surface area contributed by atoms with E-state index in [9.17, 15) is 35.9 Å². The van der Waals surface area contributed by atoms with Crippen LogP contribution in [0, 0.1) is 0 Å². The van der Waals surface area contributed by atoms with E-state index in [1.165, 1.54) is 29.2 Å². The number of hydrogen-bond acceptors (Lipinski definition) is 3. The van der Waals surface area contributed by atoms with Crippen LogP contribution in [0.15, 0.2) is 42.5 Å². The second-order valence-electron chi connectivity index (χ2n) is 7.40. The van der Waals surface area contributed by atoms with Crippen molar-refractivity contribution in [3.8, 4) is 5.75 Å². The van der Waals surface area contributed by atoms with E-state index in [4.69, 9.17) is 4.74 Å². The molecule has 0 aromatic heterocycles. The molecule has 2 amide bonds. The molecule has 5 nitrogen and oxygen atoms in total. The first-order valence-corrected chi connectivity index (χ1v) is 10.5. The summed E-state index contributed by atoms with van der Waals surface area (Å²) < 4.78 is 83.8. The minimum atomic E-state index is -5.06. The normalized spacial score (nSPS) is 11.4. The average Bonchev–Trinajstić information content (AvgIpc) is 2.75. The summed E-state index contributed by atoms with van der Waals surface area (Å²) in [6.07, 6.45) is -8.25. The first-order valence-electron chi connectivity index (χ1n) is 10.5. The number of rotatable bonds is 8. The summed E-state index contributed by atoms with van der Waals surface area (Å²) in [5.74, 6) is -1.22. The molecule has 0 radical (unpaired) electrons. The molecule has 0 aliphatic carbocycles. The lowest BCUT2D eigenvalue weighted by atomic mass is 10.1. The van der Waals surface area contributed by atoms with Gasteiger partial charge in [-0.2, -0.15) is 26.3 Å². The van der Waals surface area contributed by atoms with Crippen LogP contribution in [0.25, 0.3) is 0 Å². The van der Waals surface area contributed by atoms with Gasteiger partial charge in [-0.1, -0.05) is 31.9 Å². The molecule has 0 saturated carbocycles. The van der Waals surface area contributed by atoms with Gasteiger partial charge in [-0.05, 0) is 43.7 Å². The van der Waals surface area contributed by atoms with Crippen molar-refractivity contribution >= 4 is 30.1 Å². The highest BCUT2D eigenvalue weighted by molar-refractivity contribution is 6.06. The van der Waals surface area contributed by atoms with Gasteiger partial charge in [0.05, 0.1) is 16.7 Å². The molecule has 1 N–H and O–H groups in total. The number of nitrogens with zero attached hydrogens (tertiary/aromatic N) is 1. The molecule has 12 heteroatoms. The van der Waals surface area contributed by atoms with Crippen LogP contribution in [0.2, 0.25) is 0 Å². The maximum absolute atomic E-state index is 13.1. The van der Waals surface area contributed by atoms with E-state index in [0.29, 0.717) is 25.2 Å². The van der Waals surface area contributed by atoms with Gasteiger partial charge in [0.2, 0.25) is 0 Å². The van der Waals surface area contributed by atoms with Crippen LogP contribution in [-0.2, 0) is 12.4 Å². The summed E-state index contributed by atoms with van der Waals surface area (Å²) in [4.78, 5) is 26.6. The van der Waals surface area contributed by atoms with Gasteiger partial charge in [0.25, 0.3) is 5.91 Å². The molecular formula is C23H25ClF6N2O3. The molecule has 2 aromatic carbocycles. The zero-order chi connectivity index (χ0) is 25.5. The number of carbonyl (C=O) groups is 2. The summed E-state index contributed by atoms with van der Waals surface area (Å²) in [5.41, 5.74) is -4.07. The van der Waals surface area contributed by atoms with E-state index in [-0.39, 0.29) is 29.8 Å². The summed E-state index contributed by atoms with van der Waals surface area (Å²) in [7, 11) is 0. The van der Waals surface area contributed by atoms with E-state index >= 15 is 0 Å². The first-order chi connectivity index (χ1) is 15.9. The van der Waals surface area contributed by atoms with Crippen molar-refractivity contribution in [1.29, 1.82) is 0 Å². The minimum absolute atomic E-state index is 0. The molecular weight excluding hydrogens is 502 g/mol. The molecule has 0 fully saturated rings. The number of ether oxygens (including phenoxy) is 1. The SMILES string of the molecule is CCCCCN(CC)C(=O)Oc1ccccc1C(=O)Nc1cc(C(F)(F)F)cc(C(F)(F)F)c1.Cl. The van der Waals surface area contributed by atoms with Crippen LogP contribution in [0.4, 0.5) is 36.8 Å². The van der Waals surface area contributed by atoms with Crippen LogP contribution >= 0.6 is 12.4 Å². The highest BCUT2D eigenvalue weighted by Gasteiger charge is 2.37. The zero-order valence-electron chi connectivity index (χ0n) is 18.9. The summed E-state index contributed by atoms with van der Waals surface area (Å²) >= 11 is 0. The van der Waals surface area contributed by atoms with Gasteiger partial charge in [0, 0.05) is 18.8 Å². The van der Waals surface area contributed by atoms with Crippen molar-refractivity contribution in [2.45, 2.75) is 45.5 Å². The largest absolute Gasteiger partial charge is 0.416 e. The molecule has 0 aliphatic rings. The standard InChI is InChI=1S/C23H24F6N2O3.ClH/c1-3-5-8-11-31(4-2)21(33)34-19-10-7-6-9-18(19)20(32)30-17-13-15(22(24,25)26)12-16(14-17)23(27,28)29;/h6-7,9-10,12-14H,3-5,8,11H2,1-2H3,(H,30,32);1H. The molecule has 0 bridgehead atoms. The van der Waals surface area contributed by atoms with Gasteiger partial charge in [0.15, 0.2) is 0 Å². The number of para-hydroxylation sites is 1. The quantitative estimate of drug-likeness (QED) is 0.288. The van der Waals surface area contributed by atoms with Crippen molar-refractivity contribution in [2.75, 3.05) is 18.4 Å². The van der Waals surface area contributed by atoms with E-state index < -0.39 is 41.2 Å². The van der Waals surface area contributed by atoms with Crippen molar-refractivity contribution in [2.24, 2.45) is 0 Å². The smallest absolute Gasteiger partial charge is 0.409 e. The minimum Gasteiger partial charge on any atom is -0.409 e. The third-order valence-corrected chi connectivity index (χ3v) is 4.85. The number of unbranched alkanes of at least 4 members (excludes halogenated alkanes) is 2. The fourth-order valence-electron chi connectivity index (χ4n) is 3.06. The number of carbonyl (C=O) groups excluding carboxylic acids is 2. The third kappa shape index (κ3) is 8.65. The molecule has 0 aliphatic heterocycles. The highest BCUT2D eigenvalue weighted by Crippen LogP contribution is 2.37. The second kappa shape index (κ2) is 12.7. The molecule has 0 heterocycles. The summed E-state index contributed by atoms with van der Waals surface area (Å²) in [5, 5.41) is 2.04. The van der Waals surface area contributed by atoms with E-state index in [1.54, 1.807) is 6.92 Å². The molecule has 0 spiro atoms. The predicted molar refractivity (Wildman–Crippen MR) is 121 cm³/mol. The Labute approximate surface area is 204 Å². The predicted octanol–water partition coefficient (Wildman–Crippen LogP) is 7.41. The number of alkyl halides is 6. The number of benzene rings is 2. The maximum atomic E-state index is 13.1. The Morgan fingerprint density at radius 3 is 2.00 bits per heavy atom. The van der Waals surface area contributed by atoms with Crippen LogP contribution in [0.1, 0.15) is 54.6 Å². The third-order valence-electron chi connectivity index (χ3n) is 4.85. The fraction of sp³-hybridized carbons (Fsp3) is 0.391. The van der Waals surface area contributed by atoms with Gasteiger partial charge < -0.3 is 15.0 Å². The van der Waals surface area contributed by atoms with Crippen molar-refractivity contribution in [1.82, 2.24) is 4.90 Å². The van der Waals surface area contributed by atoms with Crippen molar-refractivity contribution in [3.63, 3.8) is 0 Å². The van der Waals surface area contributed by atoms with E-state index in [1.807, 2.05) is 12.2 Å². The Balaban J connectivity index is 0.00000612. The molecule has 35 heavy (non-hydrogen) atoms. The lowest BCUT2D eigenvalue weighted by Gasteiger charge is -2.21. The van der Waals surface area contributed by atoms with Gasteiger partial charge >= 0.3 is 18.4 Å². The topological polar surface area (TPSA) is 58.6 Å². The molecule has 194 valence electrons. The van der Waals surface area contributed by atoms with Gasteiger partial charge in [0.1, 0.15) is 5.75 Å². The number of nitrogens with one attached hydrogen (secondary N) is 1. The van der Waals surface area contributed by atoms with Crippen LogP contribution in [0.3, 0.4) is 0 Å². The average molecular weight is 527 g/mol. The lowest BCUT2D eigenvalue weighted by molar-refractivity contribution is -0.143. The van der Waals surface area contributed by atoms with Crippen LogP contribution in [-0.4, -0.2) is 30.0 Å². The zero-order valence-corrected chi connectivity index (χ0v) is 19.7. The Hall–Kier alpha value is -2.95. The Bertz CT molecular complexity index is 979. The van der Waals surface area contributed by atoms with Crippen LogP contribution < -0.4 is 10.1 Å². The Morgan fingerprint density at radius 1 is 0.914 bits per heavy atom. The molecule has 0 unspecified atom stereocenters. The maximum Gasteiger partial charge on any atom is 0.416 e. The first kappa shape index (κ1) is 30.1. The van der Waals surface area contributed by atoms with E-state index in [2.05, 4.69) is 0 Å². The fourth-order valence-corrected chi connectivity index (χ4v) is 3.06. The number of hydrogen-bond donors (Lipinski definition) is 1. The number of amides is 2. The van der Waals surface area contributed by atoms with Crippen molar-refractivity contribution < 1.29 is 40.7 Å². The Kier molecular flexibility index (Phi) is 10.9. The van der Waals surface area contributed by atoms with Gasteiger partial charge in [-0.15, -0.1) is 12.4 Å². The monoisotopic (exact) mass is 526 g/mol.